The van der Waals surface area contributed by atoms with Crippen LogP contribution in [0.15, 0.2) is 51.7 Å². The van der Waals surface area contributed by atoms with Crippen LogP contribution in [0.2, 0.25) is 0 Å². The van der Waals surface area contributed by atoms with Crippen molar-refractivity contribution < 1.29 is 49.1 Å². The largest absolute Gasteiger partial charge is 0.435 e. The molecule has 0 saturated heterocycles. The second-order valence-electron chi connectivity index (χ2n) is 8.15. The van der Waals surface area contributed by atoms with Gasteiger partial charge in [-0.05, 0) is 56.1 Å². The van der Waals surface area contributed by atoms with Crippen LogP contribution in [0.1, 0.15) is 32.8 Å². The number of nitrogens with one attached hydrogen (secondary N) is 1. The quantitative estimate of drug-likeness (QED) is 0.256. The Labute approximate surface area is 246 Å². The predicted molar refractivity (Wildman–Crippen MR) is 135 cm³/mol. The van der Waals surface area contributed by atoms with Crippen molar-refractivity contribution in [3.8, 4) is 6.07 Å². The van der Waals surface area contributed by atoms with Crippen molar-refractivity contribution in [2.24, 2.45) is 0 Å². The molecule has 0 aliphatic rings. The maximum Gasteiger partial charge on any atom is 0.435 e. The number of aromatic nitrogens is 2. The fraction of sp³-hybridized carbons (Fsp3) is 0.208. The van der Waals surface area contributed by atoms with Crippen LogP contribution in [0, 0.1) is 23.1 Å². The summed E-state index contributed by atoms with van der Waals surface area (Å²) in [5.41, 5.74) is -9.82. The maximum atomic E-state index is 15.6. The number of alkyl halides is 7. The summed E-state index contributed by atoms with van der Waals surface area (Å²) in [5.74, 6) is -4.63. The third-order valence-corrected chi connectivity index (χ3v) is 6.76. The van der Waals surface area contributed by atoms with Crippen LogP contribution in [-0.4, -0.2) is 40.7 Å². The van der Waals surface area contributed by atoms with Gasteiger partial charge in [-0.15, -0.1) is 0 Å². The van der Waals surface area contributed by atoms with Gasteiger partial charge in [0, 0.05) is 21.1 Å². The molecule has 222 valence electrons. The van der Waals surface area contributed by atoms with Gasteiger partial charge in [0.25, 0.3) is 11.8 Å². The first kappa shape index (κ1) is 32.8. The molecule has 1 heterocycles. The molecule has 0 aliphatic heterocycles. The van der Waals surface area contributed by atoms with Crippen molar-refractivity contribution in [1.29, 1.82) is 5.26 Å². The molecule has 7 nitrogen and oxygen atoms in total. The van der Waals surface area contributed by atoms with Crippen molar-refractivity contribution in [2.45, 2.75) is 24.4 Å². The molecule has 1 N–H and O–H groups in total. The lowest BCUT2D eigenvalue weighted by atomic mass is 9.94. The smallest absolute Gasteiger partial charge is 0.320 e. The summed E-state index contributed by atoms with van der Waals surface area (Å²) >= 11 is 5.39. The van der Waals surface area contributed by atoms with Gasteiger partial charge in [0.05, 0.1) is 41.8 Å². The highest BCUT2D eigenvalue weighted by Gasteiger charge is 2.73. The van der Waals surface area contributed by atoms with E-state index in [0.717, 1.165) is 29.3 Å². The second-order valence-corrected chi connectivity index (χ2v) is 9.86. The normalized spacial score (nSPS) is 12.0. The van der Waals surface area contributed by atoms with E-state index < -0.39 is 85.3 Å². The van der Waals surface area contributed by atoms with E-state index in [1.807, 2.05) is 0 Å². The highest BCUT2D eigenvalue weighted by Crippen LogP contribution is 2.54. The van der Waals surface area contributed by atoms with Crippen molar-refractivity contribution >= 4 is 55.0 Å². The molecular formula is C24H12Br2F9N5O2. The van der Waals surface area contributed by atoms with Gasteiger partial charge in [0.2, 0.25) is 5.95 Å². The fourth-order valence-electron chi connectivity index (χ4n) is 3.52. The third-order valence-electron chi connectivity index (χ3n) is 5.51. The Hall–Kier alpha value is -3.72. The number of nitriles is 1. The molecule has 0 bridgehead atoms. The minimum atomic E-state index is -6.40. The highest BCUT2D eigenvalue weighted by atomic mass is 79.9. The Morgan fingerprint density at radius 3 is 2.05 bits per heavy atom. The van der Waals surface area contributed by atoms with E-state index in [1.165, 1.54) is 0 Å². The molecular weight excluding hydrogens is 721 g/mol. The standard InChI is InChI=1S/C24H12Br2F9N5O2/c25-13-7-11(22(29,23(30,31)32)24(33,34)35)8-14(26)19(13)39-20(41)12-3-1-4-16(18(12)28)40(6-2-5-36)21(42)15-9-38-17(27)10-37-15/h1,3-4,7-10H,2,6H2,(H,39,41). The first-order valence-corrected chi connectivity index (χ1v) is 12.6. The number of carbonyl (C=O) groups excluding carboxylic acids is 2. The molecule has 0 fully saturated rings. The number of carbonyl (C=O) groups is 2. The van der Waals surface area contributed by atoms with E-state index in [2.05, 4.69) is 47.1 Å². The zero-order valence-corrected chi connectivity index (χ0v) is 23.4. The van der Waals surface area contributed by atoms with Gasteiger partial charge >= 0.3 is 18.0 Å². The van der Waals surface area contributed by atoms with Crippen LogP contribution in [0.5, 0.6) is 0 Å². The summed E-state index contributed by atoms with van der Waals surface area (Å²) in [5, 5.41) is 11.0. The Bertz CT molecular complexity index is 1520. The van der Waals surface area contributed by atoms with Crippen molar-refractivity contribution in [3.05, 3.63) is 80.3 Å². The van der Waals surface area contributed by atoms with Crippen LogP contribution in [0.4, 0.5) is 50.9 Å². The van der Waals surface area contributed by atoms with Gasteiger partial charge in [0.1, 0.15) is 5.69 Å². The third kappa shape index (κ3) is 6.36. The predicted octanol–water partition coefficient (Wildman–Crippen LogP) is 7.38. The van der Waals surface area contributed by atoms with E-state index in [0.29, 0.717) is 6.20 Å². The SMILES string of the molecule is N#CCCN(C(=O)c1cnc(F)cn1)c1cccc(C(=O)Nc2c(Br)cc(C(F)(C(F)(F)F)C(F)(F)F)cc2Br)c1F. The summed E-state index contributed by atoms with van der Waals surface area (Å²) in [6.45, 7) is -0.404. The molecule has 18 heteroatoms. The Morgan fingerprint density at radius 2 is 1.55 bits per heavy atom. The fourth-order valence-corrected chi connectivity index (χ4v) is 4.90. The number of hydrogen-bond donors (Lipinski definition) is 1. The highest BCUT2D eigenvalue weighted by molar-refractivity contribution is 9.11. The van der Waals surface area contributed by atoms with E-state index in [4.69, 9.17) is 5.26 Å². The number of amides is 2. The molecule has 0 spiro atoms. The molecule has 0 saturated carbocycles. The Balaban J connectivity index is 2.01. The summed E-state index contributed by atoms with van der Waals surface area (Å²) in [6.07, 6.45) is -11.7. The maximum absolute atomic E-state index is 15.6. The van der Waals surface area contributed by atoms with Crippen LogP contribution in [0.3, 0.4) is 0 Å². The Morgan fingerprint density at radius 1 is 0.952 bits per heavy atom. The zero-order chi connectivity index (χ0) is 31.6. The van der Waals surface area contributed by atoms with E-state index in [-0.39, 0.29) is 18.6 Å². The number of hydrogen-bond acceptors (Lipinski definition) is 5. The molecule has 2 aromatic carbocycles. The van der Waals surface area contributed by atoms with E-state index >= 15 is 4.39 Å². The second kappa shape index (κ2) is 12.3. The summed E-state index contributed by atoms with van der Waals surface area (Å²) in [4.78, 5) is 33.5. The molecule has 0 radical (unpaired) electrons. The number of benzene rings is 2. The molecule has 1 aromatic heterocycles. The summed E-state index contributed by atoms with van der Waals surface area (Å²) in [6, 6.07) is 5.19. The van der Waals surface area contributed by atoms with Crippen LogP contribution in [-0.2, 0) is 5.67 Å². The van der Waals surface area contributed by atoms with Gasteiger partial charge in [-0.3, -0.25) is 9.59 Å². The number of halogens is 11. The average Bonchev–Trinajstić information content (AvgIpc) is 2.90. The van der Waals surface area contributed by atoms with Crippen LogP contribution >= 0.6 is 31.9 Å². The summed E-state index contributed by atoms with van der Waals surface area (Å²) < 4.78 is 121. The topological polar surface area (TPSA) is 99.0 Å². The molecule has 3 rings (SSSR count). The van der Waals surface area contributed by atoms with Crippen molar-refractivity contribution in [3.63, 3.8) is 0 Å². The number of nitrogens with zero attached hydrogens (tertiary/aromatic N) is 4. The van der Waals surface area contributed by atoms with Gasteiger partial charge in [0.15, 0.2) is 5.82 Å². The molecule has 42 heavy (non-hydrogen) atoms. The minimum Gasteiger partial charge on any atom is -0.320 e. The Kier molecular flexibility index (Phi) is 9.57. The zero-order valence-electron chi connectivity index (χ0n) is 20.2. The van der Waals surface area contributed by atoms with Crippen molar-refractivity contribution in [1.82, 2.24) is 9.97 Å². The number of anilines is 2. The van der Waals surface area contributed by atoms with Gasteiger partial charge in [-0.1, -0.05) is 6.07 Å². The average molecular weight is 733 g/mol. The van der Waals surface area contributed by atoms with E-state index in [1.54, 1.807) is 6.07 Å². The molecule has 0 unspecified atom stereocenters. The number of rotatable bonds is 7. The first-order valence-electron chi connectivity index (χ1n) is 11.0. The lowest BCUT2D eigenvalue weighted by Gasteiger charge is -2.31. The van der Waals surface area contributed by atoms with Gasteiger partial charge in [-0.25, -0.2) is 18.7 Å². The molecule has 0 aliphatic carbocycles. The lowest BCUT2D eigenvalue weighted by Crippen LogP contribution is -2.50. The summed E-state index contributed by atoms with van der Waals surface area (Å²) in [7, 11) is 0. The van der Waals surface area contributed by atoms with Crippen LogP contribution in [0.25, 0.3) is 0 Å². The molecule has 2 amide bonds. The monoisotopic (exact) mass is 731 g/mol. The lowest BCUT2D eigenvalue weighted by molar-refractivity contribution is -0.348. The van der Waals surface area contributed by atoms with Gasteiger partial charge < -0.3 is 10.2 Å². The van der Waals surface area contributed by atoms with Crippen LogP contribution < -0.4 is 10.2 Å². The minimum absolute atomic E-state index is 0.153. The van der Waals surface area contributed by atoms with Crippen molar-refractivity contribution in [2.75, 3.05) is 16.8 Å². The van der Waals surface area contributed by atoms with E-state index in [9.17, 15) is 44.7 Å². The molecule has 3 aromatic rings. The molecule has 0 atom stereocenters. The first-order chi connectivity index (χ1) is 19.4. The van der Waals surface area contributed by atoms with Gasteiger partial charge in [-0.2, -0.15) is 36.0 Å².